The van der Waals surface area contributed by atoms with E-state index in [1.807, 2.05) is 24.3 Å². The predicted octanol–water partition coefficient (Wildman–Crippen LogP) is 3.51. The molecule has 1 saturated heterocycles. The van der Waals surface area contributed by atoms with Crippen molar-refractivity contribution in [1.82, 2.24) is 15.5 Å². The Labute approximate surface area is 212 Å². The van der Waals surface area contributed by atoms with E-state index in [0.717, 1.165) is 55.2 Å². The van der Waals surface area contributed by atoms with Crippen LogP contribution >= 0.6 is 0 Å². The van der Waals surface area contributed by atoms with Crippen molar-refractivity contribution in [1.29, 1.82) is 0 Å². The summed E-state index contributed by atoms with van der Waals surface area (Å²) in [7, 11) is 0. The molecule has 4 rings (SSSR count). The summed E-state index contributed by atoms with van der Waals surface area (Å²) >= 11 is 0. The highest BCUT2D eigenvalue weighted by Crippen LogP contribution is 2.41. The molecule has 0 aromatic heterocycles. The molecule has 2 heterocycles. The number of hydrogen-bond acceptors (Lipinski definition) is 5. The first-order valence-electron chi connectivity index (χ1n) is 13.2. The van der Waals surface area contributed by atoms with Crippen LogP contribution in [-0.4, -0.2) is 54.2 Å². The number of nitrogens with one attached hydrogen (secondary N) is 2. The van der Waals surface area contributed by atoms with Gasteiger partial charge in [0.15, 0.2) is 0 Å². The topological polar surface area (TPSA) is 98.8 Å². The third-order valence-electron chi connectivity index (χ3n) is 7.34. The van der Waals surface area contributed by atoms with Crippen molar-refractivity contribution in [2.24, 2.45) is 0 Å². The van der Waals surface area contributed by atoms with Gasteiger partial charge in [0, 0.05) is 30.3 Å². The third kappa shape index (κ3) is 5.43. The van der Waals surface area contributed by atoms with Gasteiger partial charge >= 0.3 is 0 Å². The summed E-state index contributed by atoms with van der Waals surface area (Å²) in [6.07, 6.45) is 5.25. The molecule has 192 valence electrons. The first kappa shape index (κ1) is 25.8. The number of amides is 4. The molecule has 0 aliphatic carbocycles. The lowest BCUT2D eigenvalue weighted by molar-refractivity contribution is -0.134. The summed E-state index contributed by atoms with van der Waals surface area (Å²) in [6.45, 7) is 8.03. The molecule has 2 N–H and O–H groups in total. The van der Waals surface area contributed by atoms with E-state index < -0.39 is 11.9 Å². The van der Waals surface area contributed by atoms with Crippen LogP contribution in [0.3, 0.4) is 0 Å². The van der Waals surface area contributed by atoms with Crippen molar-refractivity contribution in [2.45, 2.75) is 71.4 Å². The third-order valence-corrected chi connectivity index (χ3v) is 7.34. The van der Waals surface area contributed by atoms with Crippen molar-refractivity contribution in [2.75, 3.05) is 24.5 Å². The minimum absolute atomic E-state index is 0.0308. The van der Waals surface area contributed by atoms with Crippen LogP contribution in [0, 0.1) is 0 Å². The smallest absolute Gasteiger partial charge is 0.259 e. The minimum atomic E-state index is -0.705. The van der Waals surface area contributed by atoms with Crippen LogP contribution in [0.25, 0.3) is 10.8 Å². The SMILES string of the molecule is CCN(CC)CCCCCCC(=O)NCc1ccc2c3c(cccc13)C(=O)N2C1CCC(=O)NC1=O. The number of imide groups is 1. The summed E-state index contributed by atoms with van der Waals surface area (Å²) in [5.41, 5.74) is 2.16. The number of rotatable bonds is 12. The first-order chi connectivity index (χ1) is 17.4. The second kappa shape index (κ2) is 11.6. The van der Waals surface area contributed by atoms with Gasteiger partial charge in [-0.15, -0.1) is 0 Å². The van der Waals surface area contributed by atoms with Crippen LogP contribution in [0.2, 0.25) is 0 Å². The molecule has 8 nitrogen and oxygen atoms in total. The molecule has 2 aromatic rings. The Morgan fingerprint density at radius 3 is 2.58 bits per heavy atom. The lowest BCUT2D eigenvalue weighted by Crippen LogP contribution is -2.53. The normalized spacial score (nSPS) is 17.2. The standard InChI is InChI=1S/C28H36N4O4/c1-3-31(4-2)17-8-6-5-7-12-24(33)29-18-19-13-14-22-26-20(19)10-9-11-21(26)28(36)32(22)23-15-16-25(34)30-27(23)35/h9-11,13-14,23H,3-8,12,15-18H2,1-2H3,(H,29,33)(H,30,34,35). The molecule has 0 saturated carbocycles. The molecule has 8 heteroatoms. The van der Waals surface area contributed by atoms with Gasteiger partial charge in [0.1, 0.15) is 6.04 Å². The quantitative estimate of drug-likeness (QED) is 0.349. The van der Waals surface area contributed by atoms with Crippen LogP contribution in [0.4, 0.5) is 5.69 Å². The maximum absolute atomic E-state index is 13.2. The lowest BCUT2D eigenvalue weighted by atomic mass is 10.00. The van der Waals surface area contributed by atoms with E-state index in [9.17, 15) is 19.2 Å². The second-order valence-corrected chi connectivity index (χ2v) is 9.58. The predicted molar refractivity (Wildman–Crippen MR) is 140 cm³/mol. The Bertz CT molecular complexity index is 1160. The highest BCUT2D eigenvalue weighted by atomic mass is 16.2. The molecule has 1 fully saturated rings. The van der Waals surface area contributed by atoms with E-state index in [1.54, 1.807) is 6.07 Å². The maximum atomic E-state index is 13.2. The summed E-state index contributed by atoms with van der Waals surface area (Å²) in [4.78, 5) is 53.7. The number of benzene rings is 2. The molecule has 0 radical (unpaired) electrons. The van der Waals surface area contributed by atoms with Gasteiger partial charge in [-0.05, 0) is 62.0 Å². The Balaban J connectivity index is 1.36. The van der Waals surface area contributed by atoms with Gasteiger partial charge in [-0.3, -0.25) is 29.4 Å². The number of carbonyl (C=O) groups excluding carboxylic acids is 4. The van der Waals surface area contributed by atoms with Crippen LogP contribution in [0.5, 0.6) is 0 Å². The summed E-state index contributed by atoms with van der Waals surface area (Å²) < 4.78 is 0. The molecule has 1 atom stereocenters. The van der Waals surface area contributed by atoms with E-state index in [0.29, 0.717) is 30.6 Å². The van der Waals surface area contributed by atoms with E-state index in [1.165, 1.54) is 11.3 Å². The Kier molecular flexibility index (Phi) is 8.36. The van der Waals surface area contributed by atoms with Gasteiger partial charge in [-0.25, -0.2) is 0 Å². The number of nitrogens with zero attached hydrogens (tertiary/aromatic N) is 2. The fraction of sp³-hybridized carbons (Fsp3) is 0.500. The van der Waals surface area contributed by atoms with Gasteiger partial charge in [0.05, 0.1) is 5.69 Å². The molecule has 2 aliphatic heterocycles. The Morgan fingerprint density at radius 2 is 1.83 bits per heavy atom. The summed E-state index contributed by atoms with van der Waals surface area (Å²) in [5.74, 6) is -0.947. The highest BCUT2D eigenvalue weighted by Gasteiger charge is 2.40. The van der Waals surface area contributed by atoms with Crippen molar-refractivity contribution in [3.8, 4) is 0 Å². The van der Waals surface area contributed by atoms with Crippen molar-refractivity contribution in [3.63, 3.8) is 0 Å². The monoisotopic (exact) mass is 492 g/mol. The average Bonchev–Trinajstić information content (AvgIpc) is 3.16. The van der Waals surface area contributed by atoms with E-state index in [-0.39, 0.29) is 24.1 Å². The number of anilines is 1. The molecule has 1 unspecified atom stereocenters. The Morgan fingerprint density at radius 1 is 1.06 bits per heavy atom. The van der Waals surface area contributed by atoms with Crippen LogP contribution in [0.1, 0.15) is 74.7 Å². The zero-order valence-electron chi connectivity index (χ0n) is 21.3. The van der Waals surface area contributed by atoms with Gasteiger partial charge in [-0.2, -0.15) is 0 Å². The van der Waals surface area contributed by atoms with Gasteiger partial charge in [-0.1, -0.05) is 44.9 Å². The fourth-order valence-electron chi connectivity index (χ4n) is 5.26. The van der Waals surface area contributed by atoms with Crippen molar-refractivity contribution >= 4 is 40.1 Å². The summed E-state index contributed by atoms with van der Waals surface area (Å²) in [5, 5.41) is 7.07. The summed E-state index contributed by atoms with van der Waals surface area (Å²) in [6, 6.07) is 8.59. The largest absolute Gasteiger partial charge is 0.352 e. The van der Waals surface area contributed by atoms with Crippen LogP contribution in [0.15, 0.2) is 30.3 Å². The lowest BCUT2D eigenvalue weighted by Gasteiger charge is -2.30. The van der Waals surface area contributed by atoms with E-state index in [2.05, 4.69) is 29.4 Å². The first-order valence-corrected chi connectivity index (χ1v) is 13.2. The van der Waals surface area contributed by atoms with Crippen LogP contribution < -0.4 is 15.5 Å². The molecule has 36 heavy (non-hydrogen) atoms. The van der Waals surface area contributed by atoms with Gasteiger partial charge in [0.2, 0.25) is 17.7 Å². The molecule has 4 amide bonds. The van der Waals surface area contributed by atoms with Crippen molar-refractivity contribution in [3.05, 3.63) is 41.5 Å². The maximum Gasteiger partial charge on any atom is 0.259 e. The number of unbranched alkanes of at least 4 members (excludes halogenated alkanes) is 3. The molecular formula is C28H36N4O4. The average molecular weight is 493 g/mol. The van der Waals surface area contributed by atoms with Crippen molar-refractivity contribution < 1.29 is 19.2 Å². The molecule has 0 spiro atoms. The second-order valence-electron chi connectivity index (χ2n) is 9.58. The zero-order valence-corrected chi connectivity index (χ0v) is 21.3. The highest BCUT2D eigenvalue weighted by molar-refractivity contribution is 6.27. The fourth-order valence-corrected chi connectivity index (χ4v) is 5.26. The molecule has 2 aromatic carbocycles. The Hall–Kier alpha value is -3.26. The van der Waals surface area contributed by atoms with Gasteiger partial charge in [0.25, 0.3) is 5.91 Å². The van der Waals surface area contributed by atoms with Crippen LogP contribution in [-0.2, 0) is 20.9 Å². The molecule has 0 bridgehead atoms. The minimum Gasteiger partial charge on any atom is -0.352 e. The van der Waals surface area contributed by atoms with E-state index >= 15 is 0 Å². The molecule has 2 aliphatic rings. The molecular weight excluding hydrogens is 456 g/mol. The zero-order chi connectivity index (χ0) is 25.7. The number of carbonyl (C=O) groups is 4. The van der Waals surface area contributed by atoms with Gasteiger partial charge < -0.3 is 10.2 Å². The number of piperidine rings is 1. The number of hydrogen-bond donors (Lipinski definition) is 2. The van der Waals surface area contributed by atoms with E-state index in [4.69, 9.17) is 0 Å².